The van der Waals surface area contributed by atoms with Crippen LogP contribution in [0.1, 0.15) is 13.8 Å². The number of aliphatic hydroxyl groups is 1. The van der Waals surface area contributed by atoms with Gasteiger partial charge in [-0.2, -0.15) is 5.10 Å². The molecule has 1 fully saturated rings. The highest BCUT2D eigenvalue weighted by Gasteiger charge is 2.23. The Kier molecular flexibility index (Phi) is 7.27. The van der Waals surface area contributed by atoms with Gasteiger partial charge in [0.15, 0.2) is 0 Å². The molecule has 1 saturated heterocycles. The van der Waals surface area contributed by atoms with Gasteiger partial charge in [0, 0.05) is 49.7 Å². The summed E-state index contributed by atoms with van der Waals surface area (Å²) in [4.78, 5) is 24.9. The van der Waals surface area contributed by atoms with Crippen LogP contribution in [0.15, 0.2) is 61.3 Å². The van der Waals surface area contributed by atoms with Gasteiger partial charge in [0.25, 0.3) is 0 Å². The van der Waals surface area contributed by atoms with E-state index < -0.39 is 11.4 Å². The average Bonchev–Trinajstić information content (AvgIpc) is 3.33. The van der Waals surface area contributed by atoms with E-state index >= 15 is 4.39 Å². The Morgan fingerprint density at radius 2 is 2.00 bits per heavy atom. The molecule has 2 aromatic heterocycles. The first kappa shape index (κ1) is 26.3. The van der Waals surface area contributed by atoms with Gasteiger partial charge in [-0.3, -0.25) is 14.8 Å². The summed E-state index contributed by atoms with van der Waals surface area (Å²) >= 11 is 0. The zero-order valence-corrected chi connectivity index (χ0v) is 21.9. The van der Waals surface area contributed by atoms with Crippen molar-refractivity contribution in [3.05, 3.63) is 67.1 Å². The zero-order chi connectivity index (χ0) is 27.6. The quantitative estimate of drug-likeness (QED) is 0.253. The van der Waals surface area contributed by atoms with Crippen molar-refractivity contribution in [2.24, 2.45) is 0 Å². The minimum atomic E-state index is -0.739. The van der Waals surface area contributed by atoms with Crippen LogP contribution in [-0.2, 0) is 4.79 Å². The molecular weight excluding hydrogens is 499 g/mol. The number of benzene rings is 2. The van der Waals surface area contributed by atoms with E-state index in [4.69, 9.17) is 0 Å². The summed E-state index contributed by atoms with van der Waals surface area (Å²) in [5.41, 5.74) is 3.42. The Morgan fingerprint density at radius 1 is 1.21 bits per heavy atom. The highest BCUT2D eigenvalue weighted by Crippen LogP contribution is 2.29. The van der Waals surface area contributed by atoms with Crippen LogP contribution >= 0.6 is 0 Å². The van der Waals surface area contributed by atoms with E-state index in [-0.39, 0.29) is 17.5 Å². The number of piperazine rings is 1. The van der Waals surface area contributed by atoms with E-state index in [1.807, 2.05) is 12.1 Å². The number of H-pyrrole nitrogens is 1. The second-order valence-corrected chi connectivity index (χ2v) is 10.2. The summed E-state index contributed by atoms with van der Waals surface area (Å²) in [6, 6.07) is 12.3. The van der Waals surface area contributed by atoms with Gasteiger partial charge in [-0.25, -0.2) is 14.4 Å². The maximum Gasteiger partial charge on any atom is 0.247 e. The molecule has 0 aliphatic carbocycles. The summed E-state index contributed by atoms with van der Waals surface area (Å²) in [7, 11) is 0. The van der Waals surface area contributed by atoms with E-state index in [2.05, 4.69) is 47.2 Å². The Labute approximate surface area is 225 Å². The van der Waals surface area contributed by atoms with Crippen LogP contribution in [0.25, 0.3) is 22.3 Å². The predicted octanol–water partition coefficient (Wildman–Crippen LogP) is 3.92. The third kappa shape index (κ3) is 6.21. The van der Waals surface area contributed by atoms with E-state index in [1.165, 1.54) is 12.1 Å². The number of aromatic amines is 1. The fourth-order valence-electron chi connectivity index (χ4n) is 4.65. The number of nitrogens with one attached hydrogen (secondary N) is 3. The molecule has 0 saturated carbocycles. The number of carbonyl (C=O) groups is 1. The van der Waals surface area contributed by atoms with Crippen molar-refractivity contribution >= 4 is 40.0 Å². The summed E-state index contributed by atoms with van der Waals surface area (Å²) in [5.74, 6) is -0.491. The first-order valence-corrected chi connectivity index (χ1v) is 12.7. The number of hydrogen-bond acceptors (Lipinski definition) is 8. The van der Waals surface area contributed by atoms with Crippen LogP contribution < -0.4 is 15.5 Å². The average molecular weight is 531 g/mol. The van der Waals surface area contributed by atoms with Gasteiger partial charge in [-0.05, 0) is 50.3 Å². The normalized spacial score (nSPS) is 14.4. The molecule has 0 bridgehead atoms. The maximum atomic E-state index is 15.1. The summed E-state index contributed by atoms with van der Waals surface area (Å²) < 4.78 is 15.1. The molecule has 0 radical (unpaired) electrons. The van der Waals surface area contributed by atoms with Crippen molar-refractivity contribution in [1.82, 2.24) is 25.1 Å². The van der Waals surface area contributed by atoms with Crippen LogP contribution in [0.4, 0.5) is 27.4 Å². The van der Waals surface area contributed by atoms with Gasteiger partial charge in [0.2, 0.25) is 11.9 Å². The largest absolute Gasteiger partial charge is 0.389 e. The molecule has 11 heteroatoms. The van der Waals surface area contributed by atoms with Gasteiger partial charge in [-0.1, -0.05) is 18.7 Å². The molecule has 0 spiro atoms. The predicted molar refractivity (Wildman–Crippen MR) is 151 cm³/mol. The highest BCUT2D eigenvalue weighted by atomic mass is 19.1. The van der Waals surface area contributed by atoms with Crippen molar-refractivity contribution in [3.63, 3.8) is 0 Å². The maximum absolute atomic E-state index is 15.1. The van der Waals surface area contributed by atoms with Crippen molar-refractivity contribution in [1.29, 1.82) is 0 Å². The van der Waals surface area contributed by atoms with Crippen molar-refractivity contribution in [2.45, 2.75) is 19.4 Å². The lowest BCUT2D eigenvalue weighted by molar-refractivity contribution is -0.111. The molecular formula is C28H31FN8O2. The first-order valence-electron chi connectivity index (χ1n) is 12.7. The van der Waals surface area contributed by atoms with Gasteiger partial charge >= 0.3 is 0 Å². The fourth-order valence-corrected chi connectivity index (χ4v) is 4.65. The standard InChI is InChI=1S/C28H31FN8O2/c1-4-24(38)31-19-7-5-6-18(14-19)25-26-23(34-35-25)16-30-27(33-26)32-22-9-8-20(15-21(22)29)37-12-10-36(11-13-37)17-28(2,3)39/h4-9,14-16,39H,1,10-13,17H2,2-3H3,(H,31,38)(H,34,35)(H,30,32,33). The Bertz CT molecular complexity index is 1510. The Morgan fingerprint density at radius 3 is 2.72 bits per heavy atom. The van der Waals surface area contributed by atoms with Crippen LogP contribution in [0.2, 0.25) is 0 Å². The van der Waals surface area contributed by atoms with Crippen LogP contribution in [0.5, 0.6) is 0 Å². The number of halogens is 1. The van der Waals surface area contributed by atoms with Gasteiger partial charge in [-0.15, -0.1) is 0 Å². The fraction of sp³-hybridized carbons (Fsp3) is 0.286. The first-order chi connectivity index (χ1) is 18.7. The molecule has 10 nitrogen and oxygen atoms in total. The van der Waals surface area contributed by atoms with Crippen LogP contribution in [-0.4, -0.2) is 74.4 Å². The number of carbonyl (C=O) groups excluding carboxylic acids is 1. The number of amides is 1. The molecule has 4 N–H and O–H groups in total. The SMILES string of the molecule is C=CC(=O)Nc1cccc(-c2n[nH]c3cnc(Nc4ccc(N5CCN(CC(C)(C)O)CC5)cc4F)nc23)c1. The molecule has 202 valence electrons. The lowest BCUT2D eigenvalue weighted by atomic mass is 10.1. The summed E-state index contributed by atoms with van der Waals surface area (Å²) in [6.07, 6.45) is 2.79. The molecule has 1 aliphatic heterocycles. The minimum Gasteiger partial charge on any atom is -0.389 e. The van der Waals surface area contributed by atoms with Crippen molar-refractivity contribution in [3.8, 4) is 11.3 Å². The van der Waals surface area contributed by atoms with Gasteiger partial charge < -0.3 is 20.6 Å². The molecule has 4 aromatic rings. The summed E-state index contributed by atoms with van der Waals surface area (Å²) in [5, 5.41) is 23.1. The van der Waals surface area contributed by atoms with Crippen LogP contribution in [0.3, 0.4) is 0 Å². The number of hydrogen-bond donors (Lipinski definition) is 4. The number of β-amino-alcohol motifs (C(OH)–C–C–N with tert-alkyl or cyclic N) is 1. The number of fused-ring (bicyclic) bond motifs is 1. The van der Waals surface area contributed by atoms with Crippen molar-refractivity contribution in [2.75, 3.05) is 48.3 Å². The topological polar surface area (TPSA) is 122 Å². The molecule has 1 amide bonds. The monoisotopic (exact) mass is 530 g/mol. The van der Waals surface area contributed by atoms with Crippen LogP contribution in [0, 0.1) is 5.82 Å². The zero-order valence-electron chi connectivity index (χ0n) is 21.9. The third-order valence-electron chi connectivity index (χ3n) is 6.44. The molecule has 1 aliphatic rings. The van der Waals surface area contributed by atoms with Gasteiger partial charge in [0.1, 0.15) is 22.5 Å². The molecule has 0 atom stereocenters. The molecule has 5 rings (SSSR count). The summed E-state index contributed by atoms with van der Waals surface area (Å²) in [6.45, 7) is 10.8. The second kappa shape index (κ2) is 10.8. The second-order valence-electron chi connectivity index (χ2n) is 10.2. The molecule has 2 aromatic carbocycles. The number of aromatic nitrogens is 4. The molecule has 0 unspecified atom stereocenters. The third-order valence-corrected chi connectivity index (χ3v) is 6.44. The van der Waals surface area contributed by atoms with E-state index in [9.17, 15) is 9.90 Å². The number of anilines is 4. The molecule has 3 heterocycles. The van der Waals surface area contributed by atoms with E-state index in [1.54, 1.807) is 44.3 Å². The number of rotatable bonds is 8. The van der Waals surface area contributed by atoms with E-state index in [0.717, 1.165) is 37.4 Å². The minimum absolute atomic E-state index is 0.230. The van der Waals surface area contributed by atoms with Crippen molar-refractivity contribution < 1.29 is 14.3 Å². The highest BCUT2D eigenvalue weighted by molar-refractivity contribution is 5.99. The molecule has 39 heavy (non-hydrogen) atoms. The Hall–Kier alpha value is -4.35. The lowest BCUT2D eigenvalue weighted by Gasteiger charge is -2.38. The van der Waals surface area contributed by atoms with Gasteiger partial charge in [0.05, 0.1) is 17.5 Å². The smallest absolute Gasteiger partial charge is 0.247 e. The number of nitrogens with zero attached hydrogens (tertiary/aromatic N) is 5. The Balaban J connectivity index is 1.31. The van der Waals surface area contributed by atoms with E-state index in [0.29, 0.717) is 29.0 Å². The lowest BCUT2D eigenvalue weighted by Crippen LogP contribution is -2.50.